The van der Waals surface area contributed by atoms with E-state index in [0.717, 1.165) is 38.8 Å². The monoisotopic (exact) mass is 350 g/mol. The van der Waals surface area contributed by atoms with Crippen LogP contribution in [0, 0.1) is 6.92 Å². The first-order valence-electron chi connectivity index (χ1n) is 7.90. The third-order valence-electron chi connectivity index (χ3n) is 4.47. The number of aryl methyl sites for hydroxylation is 1. The van der Waals surface area contributed by atoms with E-state index in [1.807, 2.05) is 60.0 Å². The van der Waals surface area contributed by atoms with Crippen molar-refractivity contribution in [3.63, 3.8) is 0 Å². The Kier molecular flexibility index (Phi) is 3.70. The van der Waals surface area contributed by atoms with E-state index in [1.165, 1.54) is 0 Å². The molecule has 4 aromatic rings. The fourth-order valence-electron chi connectivity index (χ4n) is 3.35. The highest BCUT2D eigenvalue weighted by Crippen LogP contribution is 2.35. The minimum Gasteiger partial charge on any atom is -0.481 e. The molecule has 0 amide bonds. The largest absolute Gasteiger partial charge is 0.481 e. The van der Waals surface area contributed by atoms with Crippen molar-refractivity contribution < 1.29 is 9.90 Å². The molecule has 0 aliphatic rings. The van der Waals surface area contributed by atoms with Gasteiger partial charge in [0.2, 0.25) is 0 Å². The third-order valence-corrected chi connectivity index (χ3v) is 4.72. The lowest BCUT2D eigenvalue weighted by molar-refractivity contribution is -0.136. The molecule has 0 atom stereocenters. The molecule has 124 valence electrons. The Balaban J connectivity index is 2.13. The van der Waals surface area contributed by atoms with Crippen molar-refractivity contribution in [2.75, 3.05) is 0 Å². The Morgan fingerprint density at radius 2 is 1.96 bits per heavy atom. The summed E-state index contributed by atoms with van der Waals surface area (Å²) in [6.07, 6.45) is 3.65. The molecule has 2 aromatic heterocycles. The van der Waals surface area contributed by atoms with Crippen molar-refractivity contribution in [2.45, 2.75) is 13.3 Å². The number of benzene rings is 2. The molecule has 25 heavy (non-hydrogen) atoms. The normalized spacial score (nSPS) is 11.3. The molecular weight excluding hydrogens is 336 g/mol. The number of nitrogens with zero attached hydrogens (tertiary/aromatic N) is 2. The molecule has 0 aliphatic heterocycles. The minimum atomic E-state index is -0.846. The summed E-state index contributed by atoms with van der Waals surface area (Å²) in [5.41, 5.74) is 5.52. The predicted molar refractivity (Wildman–Crippen MR) is 99.2 cm³/mol. The standard InChI is InChI=1S/C20H15ClN2O2/c1-12-10-17-15(6-7-18-22-8-9-23(17)18)20(16(12)11-19(24)25)13-2-4-14(21)5-3-13/h2-10H,11H2,1H3,(H,24,25). The molecule has 2 aromatic carbocycles. The molecule has 0 saturated carbocycles. The van der Waals surface area contributed by atoms with Crippen LogP contribution in [0.5, 0.6) is 0 Å². The number of hydrogen-bond acceptors (Lipinski definition) is 2. The summed E-state index contributed by atoms with van der Waals surface area (Å²) in [4.78, 5) is 15.8. The Labute approximate surface area is 149 Å². The zero-order chi connectivity index (χ0) is 17.6. The molecule has 2 heterocycles. The summed E-state index contributed by atoms with van der Waals surface area (Å²) < 4.78 is 2.02. The highest BCUT2D eigenvalue weighted by Gasteiger charge is 2.17. The van der Waals surface area contributed by atoms with Crippen LogP contribution in [-0.4, -0.2) is 20.5 Å². The lowest BCUT2D eigenvalue weighted by atomic mass is 9.90. The Bertz CT molecular complexity index is 1110. The van der Waals surface area contributed by atoms with E-state index >= 15 is 0 Å². The maximum Gasteiger partial charge on any atom is 0.307 e. The average molecular weight is 351 g/mol. The van der Waals surface area contributed by atoms with Gasteiger partial charge in [-0.3, -0.25) is 9.20 Å². The summed E-state index contributed by atoms with van der Waals surface area (Å²) >= 11 is 6.03. The van der Waals surface area contributed by atoms with E-state index in [0.29, 0.717) is 5.02 Å². The quantitative estimate of drug-likeness (QED) is 0.580. The number of rotatable bonds is 3. The second-order valence-corrected chi connectivity index (χ2v) is 6.48. The maximum atomic E-state index is 11.4. The van der Waals surface area contributed by atoms with Crippen LogP contribution in [0.1, 0.15) is 11.1 Å². The molecule has 0 unspecified atom stereocenters. The number of aromatic nitrogens is 2. The van der Waals surface area contributed by atoms with E-state index < -0.39 is 5.97 Å². The number of pyridine rings is 1. The van der Waals surface area contributed by atoms with E-state index in [4.69, 9.17) is 11.6 Å². The molecule has 0 aliphatic carbocycles. The van der Waals surface area contributed by atoms with Gasteiger partial charge in [0.15, 0.2) is 0 Å². The van der Waals surface area contributed by atoms with Crippen LogP contribution in [0.2, 0.25) is 5.02 Å². The van der Waals surface area contributed by atoms with Gasteiger partial charge >= 0.3 is 5.97 Å². The van der Waals surface area contributed by atoms with Crippen molar-refractivity contribution in [1.82, 2.24) is 9.38 Å². The molecule has 0 saturated heterocycles. The van der Waals surface area contributed by atoms with E-state index in [2.05, 4.69) is 4.98 Å². The van der Waals surface area contributed by atoms with Crippen LogP contribution < -0.4 is 0 Å². The van der Waals surface area contributed by atoms with Crippen LogP contribution >= 0.6 is 11.6 Å². The van der Waals surface area contributed by atoms with Crippen molar-refractivity contribution >= 4 is 34.1 Å². The van der Waals surface area contributed by atoms with Crippen molar-refractivity contribution in [3.8, 4) is 11.1 Å². The number of halogens is 1. The molecule has 0 radical (unpaired) electrons. The fourth-order valence-corrected chi connectivity index (χ4v) is 3.48. The maximum absolute atomic E-state index is 11.4. The van der Waals surface area contributed by atoms with Gasteiger partial charge in [-0.2, -0.15) is 0 Å². The van der Waals surface area contributed by atoms with Crippen LogP contribution in [-0.2, 0) is 11.2 Å². The van der Waals surface area contributed by atoms with Gasteiger partial charge in [0.1, 0.15) is 5.65 Å². The molecular formula is C20H15ClN2O2. The molecule has 0 bridgehead atoms. The second kappa shape index (κ2) is 5.90. The second-order valence-electron chi connectivity index (χ2n) is 6.05. The Hall–Kier alpha value is -2.85. The molecule has 5 heteroatoms. The first-order valence-corrected chi connectivity index (χ1v) is 8.28. The first-order chi connectivity index (χ1) is 12.0. The number of hydrogen-bond donors (Lipinski definition) is 1. The highest BCUT2D eigenvalue weighted by molar-refractivity contribution is 6.30. The summed E-state index contributed by atoms with van der Waals surface area (Å²) in [6.45, 7) is 1.95. The van der Waals surface area contributed by atoms with Crippen LogP contribution in [0.3, 0.4) is 0 Å². The first kappa shape index (κ1) is 15.7. The van der Waals surface area contributed by atoms with Crippen LogP contribution in [0.4, 0.5) is 0 Å². The van der Waals surface area contributed by atoms with Crippen molar-refractivity contribution in [3.05, 3.63) is 71.0 Å². The summed E-state index contributed by atoms with van der Waals surface area (Å²) in [7, 11) is 0. The molecule has 4 rings (SSSR count). The van der Waals surface area contributed by atoms with Crippen molar-refractivity contribution in [2.24, 2.45) is 0 Å². The summed E-state index contributed by atoms with van der Waals surface area (Å²) in [6, 6.07) is 13.5. The van der Waals surface area contributed by atoms with Gasteiger partial charge in [-0.05, 0) is 59.5 Å². The lowest BCUT2D eigenvalue weighted by Crippen LogP contribution is -2.05. The average Bonchev–Trinajstić information content (AvgIpc) is 3.05. The SMILES string of the molecule is Cc1cc2c(ccc3nccn32)c(-c2ccc(Cl)cc2)c1CC(=O)O. The van der Waals surface area contributed by atoms with Gasteiger partial charge in [-0.25, -0.2) is 4.98 Å². The van der Waals surface area contributed by atoms with E-state index in [1.54, 1.807) is 6.20 Å². The van der Waals surface area contributed by atoms with Gasteiger partial charge < -0.3 is 5.11 Å². The number of carboxylic acid groups (broad SMARTS) is 1. The molecule has 0 fully saturated rings. The number of aliphatic carboxylic acids is 1. The highest BCUT2D eigenvalue weighted by atomic mass is 35.5. The van der Waals surface area contributed by atoms with E-state index in [9.17, 15) is 9.90 Å². The Morgan fingerprint density at radius 3 is 2.68 bits per heavy atom. The van der Waals surface area contributed by atoms with Gasteiger partial charge in [0, 0.05) is 22.8 Å². The smallest absolute Gasteiger partial charge is 0.307 e. The molecule has 1 N–H and O–H groups in total. The van der Waals surface area contributed by atoms with Crippen LogP contribution in [0.15, 0.2) is 54.9 Å². The van der Waals surface area contributed by atoms with E-state index in [-0.39, 0.29) is 6.42 Å². The topological polar surface area (TPSA) is 54.6 Å². The number of carbonyl (C=O) groups is 1. The zero-order valence-corrected chi connectivity index (χ0v) is 14.3. The van der Waals surface area contributed by atoms with Gasteiger partial charge in [0.25, 0.3) is 0 Å². The van der Waals surface area contributed by atoms with Crippen molar-refractivity contribution in [1.29, 1.82) is 0 Å². The molecule has 4 nitrogen and oxygen atoms in total. The summed E-state index contributed by atoms with van der Waals surface area (Å²) in [5.74, 6) is -0.846. The molecule has 0 spiro atoms. The lowest BCUT2D eigenvalue weighted by Gasteiger charge is -2.16. The van der Waals surface area contributed by atoms with Gasteiger partial charge in [-0.15, -0.1) is 0 Å². The number of imidazole rings is 1. The number of carboxylic acids is 1. The Morgan fingerprint density at radius 1 is 1.20 bits per heavy atom. The number of fused-ring (bicyclic) bond motifs is 3. The van der Waals surface area contributed by atoms with Crippen LogP contribution in [0.25, 0.3) is 27.7 Å². The zero-order valence-electron chi connectivity index (χ0n) is 13.5. The van der Waals surface area contributed by atoms with Gasteiger partial charge in [0.05, 0.1) is 11.9 Å². The minimum absolute atomic E-state index is 0.0261. The fraction of sp³-hybridized carbons (Fsp3) is 0.100. The summed E-state index contributed by atoms with van der Waals surface area (Å²) in [5, 5.41) is 11.0. The third kappa shape index (κ3) is 2.65. The van der Waals surface area contributed by atoms with Gasteiger partial charge in [-0.1, -0.05) is 23.7 Å². The predicted octanol–water partition coefficient (Wildman–Crippen LogP) is 4.74.